The number of benzene rings is 11. The molecule has 290 valence electrons. The van der Waals surface area contributed by atoms with Crippen LogP contribution >= 0.6 is 0 Å². The molecule has 0 saturated heterocycles. The van der Waals surface area contributed by atoms with E-state index in [1.165, 1.54) is 93.2 Å². The summed E-state index contributed by atoms with van der Waals surface area (Å²) >= 11 is 0. The summed E-state index contributed by atoms with van der Waals surface area (Å²) in [4.78, 5) is 2.38. The number of nitrogens with zero attached hydrogens (tertiary/aromatic N) is 2. The van der Waals surface area contributed by atoms with Gasteiger partial charge in [-0.25, -0.2) is 0 Å². The third-order valence-electron chi connectivity index (χ3n) is 12.6. The molecule has 0 amide bonds. The number of hydrogen-bond donors (Lipinski definition) is 0. The van der Waals surface area contributed by atoms with Gasteiger partial charge >= 0.3 is 0 Å². The second kappa shape index (κ2) is 14.8. The second-order valence-electron chi connectivity index (χ2n) is 16.1. The maximum absolute atomic E-state index is 2.44. The fourth-order valence-electron chi connectivity index (χ4n) is 9.61. The Hall–Kier alpha value is -8.20. The largest absolute Gasteiger partial charge is 0.310 e. The summed E-state index contributed by atoms with van der Waals surface area (Å²) in [5.41, 5.74) is 14.0. The number of fused-ring (bicyclic) bond motifs is 7. The summed E-state index contributed by atoms with van der Waals surface area (Å²) in [6.45, 7) is 0. The van der Waals surface area contributed by atoms with E-state index < -0.39 is 0 Å². The van der Waals surface area contributed by atoms with Crippen molar-refractivity contribution in [2.75, 3.05) is 4.90 Å². The van der Waals surface area contributed by atoms with Crippen LogP contribution in [0.5, 0.6) is 0 Å². The number of para-hydroxylation sites is 1. The van der Waals surface area contributed by atoms with Gasteiger partial charge in [0.1, 0.15) is 0 Å². The molecule has 12 rings (SSSR count). The van der Waals surface area contributed by atoms with Gasteiger partial charge in [-0.3, -0.25) is 0 Å². The van der Waals surface area contributed by atoms with Crippen LogP contribution in [0.25, 0.3) is 93.2 Å². The van der Waals surface area contributed by atoms with Gasteiger partial charge in [0, 0.05) is 33.2 Å². The quantitative estimate of drug-likeness (QED) is 0.146. The monoisotopic (exact) mass is 788 g/mol. The lowest BCUT2D eigenvalue weighted by Gasteiger charge is -2.26. The molecule has 0 unspecified atom stereocenters. The van der Waals surface area contributed by atoms with Crippen molar-refractivity contribution in [3.63, 3.8) is 0 Å². The topological polar surface area (TPSA) is 8.17 Å². The smallest absolute Gasteiger partial charge is 0.0547 e. The Morgan fingerprint density at radius 1 is 0.274 bits per heavy atom. The van der Waals surface area contributed by atoms with E-state index in [1.54, 1.807) is 0 Å². The highest BCUT2D eigenvalue weighted by atomic mass is 15.1. The van der Waals surface area contributed by atoms with E-state index in [-0.39, 0.29) is 0 Å². The molecule has 0 saturated carbocycles. The minimum Gasteiger partial charge on any atom is -0.310 e. The Morgan fingerprint density at radius 3 is 1.60 bits per heavy atom. The van der Waals surface area contributed by atoms with E-state index in [1.807, 2.05) is 0 Å². The highest BCUT2D eigenvalue weighted by Gasteiger charge is 2.19. The van der Waals surface area contributed by atoms with E-state index in [0.29, 0.717) is 0 Å². The molecular formula is C60H40N2. The predicted octanol–water partition coefficient (Wildman–Crippen LogP) is 16.7. The van der Waals surface area contributed by atoms with Gasteiger partial charge in [0.15, 0.2) is 0 Å². The number of hydrogen-bond acceptors (Lipinski definition) is 1. The van der Waals surface area contributed by atoms with Crippen LogP contribution in [-0.2, 0) is 0 Å². The second-order valence-corrected chi connectivity index (χ2v) is 16.1. The molecule has 0 spiro atoms. The Labute approximate surface area is 360 Å². The molecule has 0 fully saturated rings. The van der Waals surface area contributed by atoms with Gasteiger partial charge in [-0.05, 0) is 121 Å². The standard InChI is InChI=1S/C60H40N2/c1-2-13-41(14-3-1)42-29-34-49(35-30-42)61(50-36-31-43(32-37-50)46-33-38-53-48(39-46)28-27-45-16-4-6-20-52(45)53)51-19-10-18-47(40-51)55-23-12-26-59-60(55)56-22-8-9-24-58(56)62(59)57-25-11-17-44-15-5-7-21-54(44)57/h1-40H. The predicted molar refractivity (Wildman–Crippen MR) is 264 cm³/mol. The van der Waals surface area contributed by atoms with Crippen molar-refractivity contribution in [2.45, 2.75) is 0 Å². The average molecular weight is 789 g/mol. The van der Waals surface area contributed by atoms with Crippen LogP contribution in [0, 0.1) is 0 Å². The van der Waals surface area contributed by atoms with Crippen molar-refractivity contribution in [1.82, 2.24) is 4.57 Å². The number of rotatable bonds is 7. The number of aromatic nitrogens is 1. The highest BCUT2D eigenvalue weighted by molar-refractivity contribution is 6.17. The molecule has 0 bridgehead atoms. The SMILES string of the molecule is c1ccc(-c2ccc(N(c3ccc(-c4ccc5c(ccc6ccccc65)c4)cc3)c3cccc(-c4cccc5c4c4ccccc4n5-c4cccc5ccccc45)c3)cc2)cc1. The highest BCUT2D eigenvalue weighted by Crippen LogP contribution is 2.43. The lowest BCUT2D eigenvalue weighted by Crippen LogP contribution is -2.10. The fourth-order valence-corrected chi connectivity index (χ4v) is 9.61. The van der Waals surface area contributed by atoms with Crippen molar-refractivity contribution >= 4 is 71.2 Å². The van der Waals surface area contributed by atoms with Crippen molar-refractivity contribution < 1.29 is 0 Å². The Bertz CT molecular complexity index is 3610. The van der Waals surface area contributed by atoms with Gasteiger partial charge in [0.2, 0.25) is 0 Å². The third kappa shape index (κ3) is 6.04. The summed E-state index contributed by atoms with van der Waals surface area (Å²) in [5, 5.41) is 10.0. The fraction of sp³-hybridized carbons (Fsp3) is 0. The Morgan fingerprint density at radius 2 is 0.806 bits per heavy atom. The summed E-state index contributed by atoms with van der Waals surface area (Å²) < 4.78 is 2.44. The zero-order valence-electron chi connectivity index (χ0n) is 34.0. The summed E-state index contributed by atoms with van der Waals surface area (Å²) in [7, 11) is 0. The molecule has 0 aliphatic carbocycles. The maximum Gasteiger partial charge on any atom is 0.0547 e. The Kier molecular flexibility index (Phi) is 8.53. The van der Waals surface area contributed by atoms with Gasteiger partial charge in [-0.1, -0.05) is 182 Å². The lowest BCUT2D eigenvalue weighted by molar-refractivity contribution is 1.20. The van der Waals surface area contributed by atoms with Crippen molar-refractivity contribution in [2.24, 2.45) is 0 Å². The molecule has 0 atom stereocenters. The first-order valence-electron chi connectivity index (χ1n) is 21.3. The molecule has 1 aromatic heterocycles. The number of anilines is 3. The first-order valence-corrected chi connectivity index (χ1v) is 21.3. The molecule has 1 heterocycles. The first-order chi connectivity index (χ1) is 30.7. The maximum atomic E-state index is 2.44. The van der Waals surface area contributed by atoms with Crippen molar-refractivity contribution in [3.8, 4) is 39.1 Å². The Balaban J connectivity index is 0.986. The van der Waals surface area contributed by atoms with Crippen LogP contribution in [0.3, 0.4) is 0 Å². The van der Waals surface area contributed by atoms with Gasteiger partial charge in [0.05, 0.1) is 16.7 Å². The third-order valence-corrected chi connectivity index (χ3v) is 12.6. The molecule has 11 aromatic carbocycles. The molecule has 2 heteroatoms. The normalized spacial score (nSPS) is 11.5. The van der Waals surface area contributed by atoms with Crippen LogP contribution in [0.15, 0.2) is 243 Å². The lowest BCUT2D eigenvalue weighted by atomic mass is 9.97. The van der Waals surface area contributed by atoms with Crippen LogP contribution in [0.4, 0.5) is 17.1 Å². The van der Waals surface area contributed by atoms with Crippen molar-refractivity contribution in [1.29, 1.82) is 0 Å². The molecule has 12 aromatic rings. The molecular weight excluding hydrogens is 749 g/mol. The van der Waals surface area contributed by atoms with E-state index in [9.17, 15) is 0 Å². The molecule has 0 aliphatic heterocycles. The van der Waals surface area contributed by atoms with E-state index in [4.69, 9.17) is 0 Å². The van der Waals surface area contributed by atoms with E-state index in [2.05, 4.69) is 252 Å². The van der Waals surface area contributed by atoms with Crippen LogP contribution in [0.1, 0.15) is 0 Å². The van der Waals surface area contributed by atoms with Gasteiger partial charge in [-0.2, -0.15) is 0 Å². The minimum absolute atomic E-state index is 1.09. The summed E-state index contributed by atoms with van der Waals surface area (Å²) in [6, 6.07) is 88.5. The molecule has 0 radical (unpaired) electrons. The molecule has 0 N–H and O–H groups in total. The molecule has 62 heavy (non-hydrogen) atoms. The van der Waals surface area contributed by atoms with Crippen LogP contribution < -0.4 is 4.90 Å². The minimum atomic E-state index is 1.09. The van der Waals surface area contributed by atoms with Gasteiger partial charge in [-0.15, -0.1) is 0 Å². The van der Waals surface area contributed by atoms with E-state index >= 15 is 0 Å². The van der Waals surface area contributed by atoms with Crippen molar-refractivity contribution in [3.05, 3.63) is 243 Å². The van der Waals surface area contributed by atoms with Crippen LogP contribution in [0.2, 0.25) is 0 Å². The molecule has 2 nitrogen and oxygen atoms in total. The summed E-state index contributed by atoms with van der Waals surface area (Å²) in [6.07, 6.45) is 0. The average Bonchev–Trinajstić information content (AvgIpc) is 3.69. The van der Waals surface area contributed by atoms with Gasteiger partial charge < -0.3 is 9.47 Å². The zero-order valence-corrected chi connectivity index (χ0v) is 34.0. The van der Waals surface area contributed by atoms with Gasteiger partial charge in [0.25, 0.3) is 0 Å². The first kappa shape index (κ1) is 35.7. The summed E-state index contributed by atoms with van der Waals surface area (Å²) in [5.74, 6) is 0. The zero-order chi connectivity index (χ0) is 41.0. The molecule has 0 aliphatic rings. The van der Waals surface area contributed by atoms with E-state index in [0.717, 1.165) is 17.1 Å². The van der Waals surface area contributed by atoms with Crippen LogP contribution in [-0.4, -0.2) is 4.57 Å².